The molecule has 1 aliphatic carbocycles. The van der Waals surface area contributed by atoms with Crippen molar-refractivity contribution in [3.8, 4) is 0 Å². The molecule has 0 amide bonds. The van der Waals surface area contributed by atoms with E-state index in [1.807, 2.05) is 0 Å². The highest BCUT2D eigenvalue weighted by Gasteiger charge is 2.47. The Hall–Kier alpha value is -0.503. The molecule has 0 saturated carbocycles. The lowest BCUT2D eigenvalue weighted by atomic mass is 9.62. The summed E-state index contributed by atoms with van der Waals surface area (Å²) in [5.41, 5.74) is 3.74. The van der Waals surface area contributed by atoms with Crippen molar-refractivity contribution in [2.24, 2.45) is 11.3 Å². The van der Waals surface area contributed by atoms with Gasteiger partial charge in [-0.15, -0.1) is 0 Å². The normalized spacial score (nSPS) is 32.0. The molecular weight excluding hydrogens is 432 g/mol. The molecule has 0 aromatic carbocycles. The number of rotatable bonds is 9. The number of aliphatic hydroxyl groups is 1. The molecular formula is C27H48O5Si. The number of hydrogen-bond acceptors (Lipinski definition) is 5. The monoisotopic (exact) mass is 480 g/mol. The Balaban J connectivity index is 1.62. The number of hydrogen-bond donors (Lipinski definition) is 1. The molecule has 0 spiro atoms. The maximum atomic E-state index is 11.0. The van der Waals surface area contributed by atoms with Gasteiger partial charge in [-0.3, -0.25) is 0 Å². The zero-order chi connectivity index (χ0) is 24.4. The molecule has 4 atom stereocenters. The smallest absolute Gasteiger partial charge is 0.191 e. The average Bonchev–Trinajstić information content (AvgIpc) is 3.38. The summed E-state index contributed by atoms with van der Waals surface area (Å²) in [5.74, 6) is 0.396. The second kappa shape index (κ2) is 10.6. The topological polar surface area (TPSA) is 57.2 Å². The average molecular weight is 481 g/mol. The van der Waals surface area contributed by atoms with Gasteiger partial charge in [-0.05, 0) is 79.6 Å². The van der Waals surface area contributed by atoms with Crippen LogP contribution < -0.4 is 0 Å². The van der Waals surface area contributed by atoms with Gasteiger partial charge in [-0.25, -0.2) is 0 Å². The highest BCUT2D eigenvalue weighted by Crippen LogP contribution is 2.52. The number of ether oxygens (including phenoxy) is 3. The van der Waals surface area contributed by atoms with E-state index < -0.39 is 14.4 Å². The molecule has 33 heavy (non-hydrogen) atoms. The lowest BCUT2D eigenvalue weighted by molar-refractivity contribution is -0.0560. The van der Waals surface area contributed by atoms with Gasteiger partial charge in [0.15, 0.2) is 14.6 Å². The Morgan fingerprint density at radius 1 is 1.21 bits per heavy atom. The molecule has 1 fully saturated rings. The van der Waals surface area contributed by atoms with E-state index in [4.69, 9.17) is 18.6 Å². The fraction of sp³-hybridized carbons (Fsp3) is 0.852. The maximum absolute atomic E-state index is 11.0. The van der Waals surface area contributed by atoms with Gasteiger partial charge in [0.05, 0.1) is 25.9 Å². The Kier molecular flexibility index (Phi) is 8.73. The molecule has 1 saturated heterocycles. The van der Waals surface area contributed by atoms with Crippen LogP contribution >= 0.6 is 0 Å². The fourth-order valence-electron chi connectivity index (χ4n) is 5.19. The van der Waals surface area contributed by atoms with Gasteiger partial charge in [0.25, 0.3) is 0 Å². The summed E-state index contributed by atoms with van der Waals surface area (Å²) in [6.07, 6.45) is 6.31. The van der Waals surface area contributed by atoms with Crippen LogP contribution in [0.4, 0.5) is 0 Å². The van der Waals surface area contributed by atoms with Gasteiger partial charge in [-0.1, -0.05) is 46.3 Å². The minimum absolute atomic E-state index is 0.0113. The van der Waals surface area contributed by atoms with Gasteiger partial charge >= 0.3 is 0 Å². The first kappa shape index (κ1) is 27.1. The molecule has 0 aromatic heterocycles. The summed E-state index contributed by atoms with van der Waals surface area (Å²) in [6, 6.07) is 0. The summed E-state index contributed by atoms with van der Waals surface area (Å²) < 4.78 is 24.0. The van der Waals surface area contributed by atoms with E-state index in [2.05, 4.69) is 60.7 Å². The SMILES string of the molecule is C/C(=C\C1OCC2=C1[C@@H](O)C[C@@H](C)[C@@]2(C)CCC1OCCO1)CCCO[Si](C)(C)C(C)(C)C. The third kappa shape index (κ3) is 6.20. The third-order valence-electron chi connectivity index (χ3n) is 8.79. The minimum Gasteiger partial charge on any atom is -0.417 e. The van der Waals surface area contributed by atoms with Crippen molar-refractivity contribution in [2.45, 2.75) is 110 Å². The molecule has 0 bridgehead atoms. The predicted molar refractivity (Wildman–Crippen MR) is 136 cm³/mol. The van der Waals surface area contributed by atoms with Crippen LogP contribution in [0.1, 0.15) is 73.6 Å². The van der Waals surface area contributed by atoms with Crippen molar-refractivity contribution in [2.75, 3.05) is 26.4 Å². The van der Waals surface area contributed by atoms with E-state index in [1.54, 1.807) is 0 Å². The first-order valence-electron chi connectivity index (χ1n) is 12.9. The van der Waals surface area contributed by atoms with Gasteiger partial charge in [0, 0.05) is 6.61 Å². The molecule has 6 heteroatoms. The number of allylic oxidation sites excluding steroid dienone is 1. The van der Waals surface area contributed by atoms with E-state index in [-0.39, 0.29) is 22.8 Å². The highest BCUT2D eigenvalue weighted by atomic mass is 28.4. The lowest BCUT2D eigenvalue weighted by Crippen LogP contribution is -2.40. The fourth-order valence-corrected chi connectivity index (χ4v) is 6.27. The molecule has 5 nitrogen and oxygen atoms in total. The zero-order valence-corrected chi connectivity index (χ0v) is 23.3. The van der Waals surface area contributed by atoms with E-state index >= 15 is 0 Å². The van der Waals surface area contributed by atoms with Crippen LogP contribution in [0.3, 0.4) is 0 Å². The Morgan fingerprint density at radius 3 is 2.52 bits per heavy atom. The first-order chi connectivity index (χ1) is 15.3. The Bertz CT molecular complexity index is 731. The molecule has 1 unspecified atom stereocenters. The molecule has 2 aliphatic heterocycles. The predicted octanol–water partition coefficient (Wildman–Crippen LogP) is 5.99. The van der Waals surface area contributed by atoms with Crippen LogP contribution in [-0.2, 0) is 18.6 Å². The van der Waals surface area contributed by atoms with Crippen LogP contribution in [0.15, 0.2) is 22.8 Å². The van der Waals surface area contributed by atoms with Gasteiger partial charge in [0.1, 0.15) is 6.10 Å². The van der Waals surface area contributed by atoms with Crippen molar-refractivity contribution in [3.63, 3.8) is 0 Å². The van der Waals surface area contributed by atoms with Crippen molar-refractivity contribution in [3.05, 3.63) is 22.8 Å². The van der Waals surface area contributed by atoms with Crippen molar-refractivity contribution in [1.29, 1.82) is 0 Å². The molecule has 0 aromatic rings. The van der Waals surface area contributed by atoms with Crippen LogP contribution in [-0.4, -0.2) is 58.3 Å². The quantitative estimate of drug-likeness (QED) is 0.249. The van der Waals surface area contributed by atoms with E-state index in [1.165, 1.54) is 11.1 Å². The van der Waals surface area contributed by atoms with Crippen LogP contribution in [0, 0.1) is 11.3 Å². The van der Waals surface area contributed by atoms with E-state index in [0.717, 1.165) is 44.3 Å². The molecule has 190 valence electrons. The second-order valence-electron chi connectivity index (χ2n) is 12.2. The third-order valence-corrected chi connectivity index (χ3v) is 13.3. The van der Waals surface area contributed by atoms with Gasteiger partial charge < -0.3 is 23.7 Å². The first-order valence-corrected chi connectivity index (χ1v) is 15.8. The van der Waals surface area contributed by atoms with Crippen molar-refractivity contribution in [1.82, 2.24) is 0 Å². The zero-order valence-electron chi connectivity index (χ0n) is 22.3. The van der Waals surface area contributed by atoms with Crippen molar-refractivity contribution < 1.29 is 23.7 Å². The molecule has 0 radical (unpaired) electrons. The van der Waals surface area contributed by atoms with E-state index in [9.17, 15) is 5.11 Å². The minimum atomic E-state index is -1.69. The Labute approximate surface area is 203 Å². The van der Waals surface area contributed by atoms with Crippen molar-refractivity contribution >= 4 is 8.32 Å². The summed E-state index contributed by atoms with van der Waals surface area (Å²) >= 11 is 0. The molecule has 1 N–H and O–H groups in total. The number of aliphatic hydroxyl groups excluding tert-OH is 1. The summed E-state index contributed by atoms with van der Waals surface area (Å²) in [5, 5.41) is 11.2. The standard InChI is InChI=1S/C27H48O5Si/c1-19(10-9-13-32-33(7,8)26(3,4)5)16-23-25-21(18-31-23)27(6,20(2)17-22(25)28)12-11-24-29-14-15-30-24/h16,20,22-24,28H,9-15,17-18H2,1-8H3/b19-16+/t20-,22+,23?,27-/m1/s1. The Morgan fingerprint density at radius 2 is 1.88 bits per heavy atom. The summed E-state index contributed by atoms with van der Waals surface area (Å²) in [4.78, 5) is 0. The summed E-state index contributed by atoms with van der Waals surface area (Å²) in [7, 11) is -1.69. The highest BCUT2D eigenvalue weighted by molar-refractivity contribution is 6.74. The largest absolute Gasteiger partial charge is 0.417 e. The molecule has 3 aliphatic rings. The van der Waals surface area contributed by atoms with Gasteiger partial charge in [0.2, 0.25) is 0 Å². The van der Waals surface area contributed by atoms with Crippen LogP contribution in [0.5, 0.6) is 0 Å². The summed E-state index contributed by atoms with van der Waals surface area (Å²) in [6.45, 7) is 21.1. The van der Waals surface area contributed by atoms with E-state index in [0.29, 0.717) is 25.7 Å². The lowest BCUT2D eigenvalue weighted by Gasteiger charge is -2.43. The van der Waals surface area contributed by atoms with Crippen LogP contribution in [0.2, 0.25) is 18.1 Å². The maximum Gasteiger partial charge on any atom is 0.191 e. The second-order valence-corrected chi connectivity index (χ2v) is 17.0. The van der Waals surface area contributed by atoms with Crippen LogP contribution in [0.25, 0.3) is 0 Å². The molecule has 2 heterocycles. The van der Waals surface area contributed by atoms with Gasteiger partial charge in [-0.2, -0.15) is 0 Å². The molecule has 3 rings (SSSR count).